The van der Waals surface area contributed by atoms with Crippen LogP contribution in [0.2, 0.25) is 0 Å². The first-order valence-electron chi connectivity index (χ1n) is 5.70. The monoisotopic (exact) mass is 231 g/mol. The van der Waals surface area contributed by atoms with Crippen molar-refractivity contribution >= 4 is 17.9 Å². The molecule has 1 aromatic carbocycles. The Morgan fingerprint density at radius 1 is 1.47 bits per heavy atom. The third-order valence-electron chi connectivity index (χ3n) is 2.86. The molecule has 0 amide bonds. The number of anilines is 1. The molecule has 17 heavy (non-hydrogen) atoms. The first-order chi connectivity index (χ1) is 8.20. The minimum Gasteiger partial charge on any atom is -0.371 e. The Bertz CT molecular complexity index is 460. The molecular weight excluding hydrogens is 214 g/mol. The van der Waals surface area contributed by atoms with Crippen LogP contribution >= 0.6 is 0 Å². The molecule has 1 aliphatic heterocycles. The van der Waals surface area contributed by atoms with Crippen LogP contribution in [-0.4, -0.2) is 25.3 Å². The molecular formula is C12H17N5. The molecule has 2 rings (SSSR count). The predicted octanol–water partition coefficient (Wildman–Crippen LogP) is 0.676. The molecule has 0 spiro atoms. The van der Waals surface area contributed by atoms with E-state index in [0.29, 0.717) is 0 Å². The Morgan fingerprint density at radius 3 is 3.00 bits per heavy atom. The summed E-state index contributed by atoms with van der Waals surface area (Å²) in [5.74, 6) is -0.0282. The van der Waals surface area contributed by atoms with Crippen molar-refractivity contribution in [1.29, 1.82) is 0 Å². The maximum Gasteiger partial charge on any atom is 0.211 e. The molecule has 0 fully saturated rings. The van der Waals surface area contributed by atoms with E-state index >= 15 is 0 Å². The van der Waals surface area contributed by atoms with E-state index in [0.717, 1.165) is 25.1 Å². The average molecular weight is 231 g/mol. The summed E-state index contributed by atoms with van der Waals surface area (Å²) in [5, 5.41) is 7.38. The number of guanidine groups is 1. The highest BCUT2D eigenvalue weighted by Gasteiger charge is 2.16. The molecule has 5 nitrogen and oxygen atoms in total. The standard InChI is InChI=1S/C12H17N5/c1-2-17-6-5-10-7-9(3-4-11(10)17)8-15-16-12(13)14/h3-4,7-8H,2,5-6H2,1H3,(H4,13,14,16). The summed E-state index contributed by atoms with van der Waals surface area (Å²) in [4.78, 5) is 2.37. The van der Waals surface area contributed by atoms with Crippen LogP contribution in [0.4, 0.5) is 5.69 Å². The number of benzene rings is 1. The first kappa shape index (κ1) is 11.4. The van der Waals surface area contributed by atoms with Crippen LogP contribution in [0.15, 0.2) is 28.4 Å². The maximum atomic E-state index is 5.19. The molecule has 0 bridgehead atoms. The average Bonchev–Trinajstić information content (AvgIpc) is 2.70. The van der Waals surface area contributed by atoms with Crippen molar-refractivity contribution in [2.24, 2.45) is 21.7 Å². The summed E-state index contributed by atoms with van der Waals surface area (Å²) in [7, 11) is 0. The van der Waals surface area contributed by atoms with E-state index in [2.05, 4.69) is 34.2 Å². The predicted molar refractivity (Wildman–Crippen MR) is 71.4 cm³/mol. The summed E-state index contributed by atoms with van der Waals surface area (Å²) in [5.41, 5.74) is 14.1. The molecule has 4 N–H and O–H groups in total. The summed E-state index contributed by atoms with van der Waals surface area (Å²) in [6, 6.07) is 6.29. The van der Waals surface area contributed by atoms with Gasteiger partial charge in [0.05, 0.1) is 6.21 Å². The maximum absolute atomic E-state index is 5.19. The lowest BCUT2D eigenvalue weighted by Gasteiger charge is -2.16. The fourth-order valence-corrected chi connectivity index (χ4v) is 2.06. The number of nitrogens with two attached hydrogens (primary N) is 2. The smallest absolute Gasteiger partial charge is 0.211 e. The van der Waals surface area contributed by atoms with Gasteiger partial charge in [-0.1, -0.05) is 6.07 Å². The fourth-order valence-electron chi connectivity index (χ4n) is 2.06. The van der Waals surface area contributed by atoms with Crippen LogP contribution < -0.4 is 16.4 Å². The van der Waals surface area contributed by atoms with Crippen molar-refractivity contribution in [2.75, 3.05) is 18.0 Å². The zero-order valence-corrected chi connectivity index (χ0v) is 9.93. The number of hydrogen-bond donors (Lipinski definition) is 2. The van der Waals surface area contributed by atoms with Crippen LogP contribution in [0.3, 0.4) is 0 Å². The molecule has 0 unspecified atom stereocenters. The molecule has 0 atom stereocenters. The van der Waals surface area contributed by atoms with Crippen LogP contribution in [0.1, 0.15) is 18.1 Å². The van der Waals surface area contributed by atoms with Crippen LogP contribution in [-0.2, 0) is 6.42 Å². The van der Waals surface area contributed by atoms with Gasteiger partial charge in [0.2, 0.25) is 5.96 Å². The largest absolute Gasteiger partial charge is 0.371 e. The minimum absolute atomic E-state index is 0.0282. The first-order valence-corrected chi connectivity index (χ1v) is 5.70. The Balaban J connectivity index is 2.18. The van der Waals surface area contributed by atoms with E-state index in [1.807, 2.05) is 6.07 Å². The van der Waals surface area contributed by atoms with Gasteiger partial charge in [0.1, 0.15) is 0 Å². The molecule has 90 valence electrons. The fraction of sp³-hybridized carbons (Fsp3) is 0.333. The van der Waals surface area contributed by atoms with Gasteiger partial charge in [-0.05, 0) is 36.6 Å². The minimum atomic E-state index is -0.0282. The van der Waals surface area contributed by atoms with Gasteiger partial charge in [-0.15, -0.1) is 5.10 Å². The van der Waals surface area contributed by atoms with Crippen molar-refractivity contribution in [1.82, 2.24) is 0 Å². The molecule has 1 aliphatic rings. The van der Waals surface area contributed by atoms with Gasteiger partial charge in [-0.2, -0.15) is 5.10 Å². The number of nitrogens with zero attached hydrogens (tertiary/aromatic N) is 3. The summed E-state index contributed by atoms with van der Waals surface area (Å²) in [6.45, 7) is 4.32. The molecule has 5 heteroatoms. The van der Waals surface area contributed by atoms with Crippen molar-refractivity contribution in [3.05, 3.63) is 29.3 Å². The number of hydrogen-bond acceptors (Lipinski definition) is 3. The Kier molecular flexibility index (Phi) is 3.27. The van der Waals surface area contributed by atoms with Crippen molar-refractivity contribution in [3.63, 3.8) is 0 Å². The van der Waals surface area contributed by atoms with E-state index in [4.69, 9.17) is 11.5 Å². The molecule has 0 saturated carbocycles. The summed E-state index contributed by atoms with van der Waals surface area (Å²) >= 11 is 0. The highest BCUT2D eigenvalue weighted by molar-refractivity contribution is 5.83. The lowest BCUT2D eigenvalue weighted by atomic mass is 10.1. The highest BCUT2D eigenvalue weighted by atomic mass is 15.3. The second kappa shape index (κ2) is 4.86. The van der Waals surface area contributed by atoms with Crippen molar-refractivity contribution < 1.29 is 0 Å². The van der Waals surface area contributed by atoms with Gasteiger partial charge in [0.25, 0.3) is 0 Å². The number of rotatable bonds is 3. The Hall–Kier alpha value is -2.04. The van der Waals surface area contributed by atoms with E-state index in [1.54, 1.807) is 6.21 Å². The van der Waals surface area contributed by atoms with Gasteiger partial charge < -0.3 is 16.4 Å². The van der Waals surface area contributed by atoms with Gasteiger partial charge in [-0.25, -0.2) is 0 Å². The molecule has 0 radical (unpaired) electrons. The highest BCUT2D eigenvalue weighted by Crippen LogP contribution is 2.27. The quantitative estimate of drug-likeness (QED) is 0.456. The molecule has 0 aliphatic carbocycles. The molecule has 0 saturated heterocycles. The molecule has 0 aromatic heterocycles. The van der Waals surface area contributed by atoms with E-state index in [1.165, 1.54) is 11.3 Å². The van der Waals surface area contributed by atoms with Crippen LogP contribution in [0.5, 0.6) is 0 Å². The van der Waals surface area contributed by atoms with E-state index in [9.17, 15) is 0 Å². The van der Waals surface area contributed by atoms with E-state index in [-0.39, 0.29) is 5.96 Å². The van der Waals surface area contributed by atoms with Crippen molar-refractivity contribution in [2.45, 2.75) is 13.3 Å². The van der Waals surface area contributed by atoms with Crippen LogP contribution in [0, 0.1) is 0 Å². The third-order valence-corrected chi connectivity index (χ3v) is 2.86. The zero-order valence-electron chi connectivity index (χ0n) is 9.93. The Labute approximate surface area is 101 Å². The Morgan fingerprint density at radius 2 is 2.29 bits per heavy atom. The second-order valence-corrected chi connectivity index (χ2v) is 3.99. The van der Waals surface area contributed by atoms with Gasteiger partial charge in [0, 0.05) is 18.8 Å². The van der Waals surface area contributed by atoms with Crippen molar-refractivity contribution in [3.8, 4) is 0 Å². The SMILES string of the molecule is CCN1CCc2cc(C=NN=C(N)N)ccc21. The van der Waals surface area contributed by atoms with Crippen LogP contribution in [0.25, 0.3) is 0 Å². The zero-order chi connectivity index (χ0) is 12.3. The summed E-state index contributed by atoms with van der Waals surface area (Å²) < 4.78 is 0. The number of fused-ring (bicyclic) bond motifs is 1. The lowest BCUT2D eigenvalue weighted by molar-refractivity contribution is 0.868. The van der Waals surface area contributed by atoms with Gasteiger partial charge in [-0.3, -0.25) is 0 Å². The second-order valence-electron chi connectivity index (χ2n) is 3.99. The normalized spacial score (nSPS) is 14.1. The topological polar surface area (TPSA) is 80.0 Å². The summed E-state index contributed by atoms with van der Waals surface area (Å²) in [6.07, 6.45) is 2.75. The van der Waals surface area contributed by atoms with Gasteiger partial charge >= 0.3 is 0 Å². The van der Waals surface area contributed by atoms with E-state index < -0.39 is 0 Å². The molecule has 1 aromatic rings. The lowest BCUT2D eigenvalue weighted by Crippen LogP contribution is -2.21. The molecule has 1 heterocycles. The number of likely N-dealkylation sites (N-methyl/N-ethyl adjacent to an activating group) is 1. The third kappa shape index (κ3) is 2.55. The van der Waals surface area contributed by atoms with Gasteiger partial charge in [0.15, 0.2) is 0 Å².